The average Bonchev–Trinajstić information content (AvgIpc) is 2.28. The van der Waals surface area contributed by atoms with E-state index in [9.17, 15) is 26.7 Å². The maximum Gasteiger partial charge on any atom is 0.417 e. The molecule has 118 valence electrons. The molecule has 0 saturated heterocycles. The molecule has 0 amide bonds. The van der Waals surface area contributed by atoms with Gasteiger partial charge in [0.2, 0.25) is 10.0 Å². The first-order valence-electron chi connectivity index (χ1n) is 5.88. The van der Waals surface area contributed by atoms with Crippen LogP contribution in [0.15, 0.2) is 17.2 Å². The molecule has 2 rings (SSSR count). The fraction of sp³-hybridized carbons (Fsp3) is 0.545. The Kier molecular flexibility index (Phi) is 3.98. The van der Waals surface area contributed by atoms with Gasteiger partial charge in [-0.15, -0.1) is 0 Å². The third-order valence-corrected chi connectivity index (χ3v) is 5.20. The number of pyridine rings is 1. The highest BCUT2D eigenvalue weighted by Crippen LogP contribution is 2.45. The van der Waals surface area contributed by atoms with Gasteiger partial charge in [-0.25, -0.2) is 18.1 Å². The third-order valence-electron chi connectivity index (χ3n) is 3.32. The Balaban J connectivity index is 2.09. The maximum absolute atomic E-state index is 12.5. The second kappa shape index (κ2) is 5.08. The molecule has 0 spiro atoms. The molecular weight excluding hydrogens is 333 g/mol. The molecule has 2 N–H and O–H groups in total. The molecule has 0 radical (unpaired) electrons. The van der Waals surface area contributed by atoms with Crippen molar-refractivity contribution in [2.75, 3.05) is 0 Å². The molecular formula is C11H12ClF3N2O3S. The summed E-state index contributed by atoms with van der Waals surface area (Å²) in [5.74, 6) is 0. The Morgan fingerprint density at radius 3 is 2.52 bits per heavy atom. The minimum atomic E-state index is -4.77. The lowest BCUT2D eigenvalue weighted by molar-refractivity contribution is -0.290. The number of aliphatic hydroxyl groups is 1. The van der Waals surface area contributed by atoms with Gasteiger partial charge >= 0.3 is 6.18 Å². The van der Waals surface area contributed by atoms with E-state index in [-0.39, 0.29) is 10.0 Å². The van der Waals surface area contributed by atoms with Gasteiger partial charge in [0.15, 0.2) is 5.60 Å². The van der Waals surface area contributed by atoms with Crippen LogP contribution >= 0.6 is 11.6 Å². The van der Waals surface area contributed by atoms with Crippen LogP contribution in [0.25, 0.3) is 0 Å². The number of nitrogens with one attached hydrogen (secondary N) is 1. The van der Waals surface area contributed by atoms with E-state index in [2.05, 4.69) is 9.71 Å². The minimum absolute atomic E-state index is 0.143. The van der Waals surface area contributed by atoms with Gasteiger partial charge < -0.3 is 5.11 Å². The largest absolute Gasteiger partial charge is 0.417 e. The first-order valence-corrected chi connectivity index (χ1v) is 7.74. The summed E-state index contributed by atoms with van der Waals surface area (Å²) >= 11 is 5.68. The van der Waals surface area contributed by atoms with Crippen molar-refractivity contribution in [3.63, 3.8) is 0 Å². The van der Waals surface area contributed by atoms with E-state index in [4.69, 9.17) is 11.6 Å². The Hall–Kier alpha value is -0.900. The van der Waals surface area contributed by atoms with E-state index < -0.39 is 40.7 Å². The topological polar surface area (TPSA) is 79.3 Å². The minimum Gasteiger partial charge on any atom is -0.380 e. The molecule has 0 aromatic carbocycles. The van der Waals surface area contributed by atoms with Crippen LogP contribution < -0.4 is 4.72 Å². The van der Waals surface area contributed by atoms with Crippen LogP contribution in [0.2, 0.25) is 5.15 Å². The molecule has 0 bridgehead atoms. The van der Waals surface area contributed by atoms with Gasteiger partial charge in [0.05, 0.1) is 0 Å². The van der Waals surface area contributed by atoms with Crippen molar-refractivity contribution >= 4 is 21.6 Å². The van der Waals surface area contributed by atoms with Gasteiger partial charge in [-0.05, 0) is 18.6 Å². The highest BCUT2D eigenvalue weighted by atomic mass is 35.5. The van der Waals surface area contributed by atoms with E-state index >= 15 is 0 Å². The zero-order chi connectivity index (χ0) is 16.1. The molecule has 1 saturated carbocycles. The lowest BCUT2D eigenvalue weighted by atomic mass is 9.76. The molecule has 21 heavy (non-hydrogen) atoms. The Morgan fingerprint density at radius 2 is 2.05 bits per heavy atom. The van der Waals surface area contributed by atoms with Crippen LogP contribution in [0.3, 0.4) is 0 Å². The van der Waals surface area contributed by atoms with E-state index in [0.29, 0.717) is 5.56 Å². The zero-order valence-corrected chi connectivity index (χ0v) is 12.3. The van der Waals surface area contributed by atoms with Gasteiger partial charge in [0, 0.05) is 25.1 Å². The zero-order valence-electron chi connectivity index (χ0n) is 10.8. The summed E-state index contributed by atoms with van der Waals surface area (Å²) in [4.78, 5) is 3.49. The first-order chi connectivity index (χ1) is 9.45. The van der Waals surface area contributed by atoms with Crippen molar-refractivity contribution in [1.82, 2.24) is 9.71 Å². The number of halogens is 4. The Bertz CT molecular complexity index is 657. The predicted octanol–water partition coefficient (Wildman–Crippen LogP) is 1.78. The molecule has 1 aromatic heterocycles. The number of hydrogen-bond donors (Lipinski definition) is 2. The summed E-state index contributed by atoms with van der Waals surface area (Å²) in [6.45, 7) is 1.56. The van der Waals surface area contributed by atoms with Crippen molar-refractivity contribution in [1.29, 1.82) is 0 Å². The van der Waals surface area contributed by atoms with Crippen LogP contribution in [0.4, 0.5) is 13.2 Å². The molecule has 1 aliphatic rings. The molecule has 0 atom stereocenters. The number of sulfonamides is 1. The number of nitrogens with zero attached hydrogens (tertiary/aromatic N) is 1. The molecule has 0 unspecified atom stereocenters. The molecule has 1 aliphatic carbocycles. The van der Waals surface area contributed by atoms with E-state index in [1.54, 1.807) is 6.92 Å². The number of rotatable bonds is 3. The van der Waals surface area contributed by atoms with E-state index in [0.717, 1.165) is 6.20 Å². The summed E-state index contributed by atoms with van der Waals surface area (Å²) in [7, 11) is -4.00. The van der Waals surface area contributed by atoms with Crippen molar-refractivity contribution in [3.8, 4) is 0 Å². The number of aryl methyl sites for hydroxylation is 1. The smallest absolute Gasteiger partial charge is 0.380 e. The van der Waals surface area contributed by atoms with Crippen molar-refractivity contribution in [2.24, 2.45) is 0 Å². The van der Waals surface area contributed by atoms with Crippen LogP contribution in [-0.2, 0) is 10.0 Å². The SMILES string of the molecule is Cc1cc(S(=O)(=O)NC2CC(O)(C(F)(F)F)C2)cnc1Cl. The second-order valence-electron chi connectivity index (χ2n) is 5.03. The Morgan fingerprint density at radius 1 is 1.48 bits per heavy atom. The highest BCUT2D eigenvalue weighted by molar-refractivity contribution is 7.89. The maximum atomic E-state index is 12.5. The van der Waals surface area contributed by atoms with Gasteiger partial charge in [-0.1, -0.05) is 11.6 Å². The summed E-state index contributed by atoms with van der Waals surface area (Å²) in [6.07, 6.45) is -5.18. The van der Waals surface area contributed by atoms with Gasteiger partial charge in [-0.3, -0.25) is 0 Å². The fourth-order valence-corrected chi connectivity index (χ4v) is 3.41. The standard InChI is InChI=1S/C11H12ClF3N2O3S/c1-6-2-8(5-16-9(6)12)21(19,20)17-7-3-10(18,4-7)11(13,14)15/h2,5,7,17-18H,3-4H2,1H3. The lowest BCUT2D eigenvalue weighted by Crippen LogP contribution is -2.62. The molecule has 5 nitrogen and oxygen atoms in total. The quantitative estimate of drug-likeness (QED) is 0.819. The molecule has 1 aromatic rings. The third kappa shape index (κ3) is 3.15. The van der Waals surface area contributed by atoms with Crippen LogP contribution in [0, 0.1) is 6.92 Å². The van der Waals surface area contributed by atoms with Gasteiger partial charge in [0.1, 0.15) is 10.0 Å². The van der Waals surface area contributed by atoms with Gasteiger partial charge in [-0.2, -0.15) is 13.2 Å². The normalized spacial score (nSPS) is 26.5. The van der Waals surface area contributed by atoms with Crippen molar-refractivity contribution < 1.29 is 26.7 Å². The summed E-state index contributed by atoms with van der Waals surface area (Å²) in [6, 6.07) is 0.296. The Labute approximate surface area is 124 Å². The average molecular weight is 345 g/mol. The van der Waals surface area contributed by atoms with E-state index in [1.165, 1.54) is 6.07 Å². The predicted molar refractivity (Wildman–Crippen MR) is 68.3 cm³/mol. The summed E-state index contributed by atoms with van der Waals surface area (Å²) in [5.41, 5.74) is -2.39. The van der Waals surface area contributed by atoms with E-state index in [1.807, 2.05) is 0 Å². The van der Waals surface area contributed by atoms with Crippen molar-refractivity contribution in [2.45, 2.75) is 42.5 Å². The molecule has 0 aliphatic heterocycles. The second-order valence-corrected chi connectivity index (χ2v) is 7.11. The molecule has 1 fully saturated rings. The van der Waals surface area contributed by atoms with Crippen molar-refractivity contribution in [3.05, 3.63) is 23.0 Å². The molecule has 1 heterocycles. The summed E-state index contributed by atoms with van der Waals surface area (Å²) < 4.78 is 63.5. The summed E-state index contributed by atoms with van der Waals surface area (Å²) in [5, 5.41) is 9.42. The van der Waals surface area contributed by atoms with Crippen LogP contribution in [-0.4, -0.2) is 36.3 Å². The highest BCUT2D eigenvalue weighted by Gasteiger charge is 2.61. The number of hydrogen-bond acceptors (Lipinski definition) is 4. The number of aromatic nitrogens is 1. The van der Waals surface area contributed by atoms with Gasteiger partial charge in [0.25, 0.3) is 0 Å². The number of alkyl halides is 3. The molecule has 10 heteroatoms. The monoisotopic (exact) mass is 344 g/mol. The first kappa shape index (κ1) is 16.5. The fourth-order valence-electron chi connectivity index (χ4n) is 2.04. The lowest BCUT2D eigenvalue weighted by Gasteiger charge is -2.44. The van der Waals surface area contributed by atoms with Crippen LogP contribution in [0.5, 0.6) is 0 Å². The van der Waals surface area contributed by atoms with Crippen LogP contribution in [0.1, 0.15) is 18.4 Å².